The van der Waals surface area contributed by atoms with Gasteiger partial charge >= 0.3 is 5.97 Å². The molecule has 0 radical (unpaired) electrons. The zero-order chi connectivity index (χ0) is 37.0. The molecule has 274 valence electrons. The largest absolute Gasteiger partial charge is 0.469 e. The molecule has 0 fully saturated rings. The van der Waals surface area contributed by atoms with Gasteiger partial charge < -0.3 is 19.8 Å². The molecule has 2 rings (SSSR count). The molecule has 49 heavy (non-hydrogen) atoms. The fraction of sp³-hybridized carbons (Fsp3) is 0.595. The molecule has 0 aliphatic rings. The highest BCUT2D eigenvalue weighted by atomic mass is 32.2. The van der Waals surface area contributed by atoms with Gasteiger partial charge in [-0.05, 0) is 73.5 Å². The van der Waals surface area contributed by atoms with Crippen molar-refractivity contribution in [2.24, 2.45) is 11.8 Å². The minimum Gasteiger partial charge on any atom is -0.469 e. The molecule has 12 heteroatoms. The number of carbonyl (C=O) groups excluding carboxylic acids is 3. The fourth-order valence-electron chi connectivity index (χ4n) is 5.14. The number of rotatable bonds is 19. The Kier molecular flexibility index (Phi) is 16.0. The van der Waals surface area contributed by atoms with Gasteiger partial charge in [0.2, 0.25) is 15.9 Å². The maximum Gasteiger partial charge on any atom is 0.305 e. The van der Waals surface area contributed by atoms with Crippen LogP contribution in [0, 0.1) is 11.8 Å². The van der Waals surface area contributed by atoms with Crippen LogP contribution in [0.2, 0.25) is 18.1 Å². The summed E-state index contributed by atoms with van der Waals surface area (Å²) in [5.74, 6) is -1.06. The van der Waals surface area contributed by atoms with E-state index in [0.29, 0.717) is 55.5 Å². The van der Waals surface area contributed by atoms with Crippen molar-refractivity contribution in [2.75, 3.05) is 25.0 Å². The van der Waals surface area contributed by atoms with Crippen LogP contribution in [-0.4, -0.2) is 67.4 Å². The van der Waals surface area contributed by atoms with E-state index in [2.05, 4.69) is 63.1 Å². The summed E-state index contributed by atoms with van der Waals surface area (Å²) in [5.41, 5.74) is 1.39. The summed E-state index contributed by atoms with van der Waals surface area (Å²) < 4.78 is 39.3. The topological polar surface area (TPSA) is 131 Å². The molecule has 0 heterocycles. The van der Waals surface area contributed by atoms with Crippen molar-refractivity contribution in [2.45, 2.75) is 110 Å². The summed E-state index contributed by atoms with van der Waals surface area (Å²) in [5, 5.41) is 6.10. The Bertz CT molecular complexity index is 1480. The Morgan fingerprint density at radius 3 is 2.18 bits per heavy atom. The third-order valence-corrected chi connectivity index (χ3v) is 15.4. The number of anilines is 1. The van der Waals surface area contributed by atoms with Crippen LogP contribution in [0.3, 0.4) is 0 Å². The average Bonchev–Trinajstić information content (AvgIpc) is 3.02. The summed E-state index contributed by atoms with van der Waals surface area (Å²) in [6.07, 6.45) is 2.17. The Labute approximate surface area is 295 Å². The molecule has 0 aromatic heterocycles. The van der Waals surface area contributed by atoms with Crippen molar-refractivity contribution >= 4 is 41.8 Å². The van der Waals surface area contributed by atoms with Crippen LogP contribution in [0.15, 0.2) is 54.6 Å². The van der Waals surface area contributed by atoms with Gasteiger partial charge in [-0.1, -0.05) is 77.9 Å². The van der Waals surface area contributed by atoms with E-state index in [0.717, 1.165) is 0 Å². The molecule has 0 bridgehead atoms. The maximum atomic E-state index is 13.9. The number of benzene rings is 2. The number of nitrogens with zero attached hydrogens (tertiary/aromatic N) is 1. The quantitative estimate of drug-likeness (QED) is 0.0943. The van der Waals surface area contributed by atoms with Crippen molar-refractivity contribution in [3.05, 3.63) is 65.7 Å². The highest BCUT2D eigenvalue weighted by Gasteiger charge is 2.42. The molecule has 10 nitrogen and oxygen atoms in total. The van der Waals surface area contributed by atoms with Crippen LogP contribution in [0.1, 0.15) is 89.6 Å². The summed E-state index contributed by atoms with van der Waals surface area (Å²) in [4.78, 5) is 38.5. The maximum absolute atomic E-state index is 13.9. The average molecular weight is 718 g/mol. The first-order valence-electron chi connectivity index (χ1n) is 17.2. The van der Waals surface area contributed by atoms with Crippen molar-refractivity contribution in [1.29, 1.82) is 0 Å². The van der Waals surface area contributed by atoms with Gasteiger partial charge in [0.05, 0.1) is 30.7 Å². The number of amides is 2. The number of esters is 1. The lowest BCUT2D eigenvalue weighted by atomic mass is 9.92. The molecule has 2 aromatic carbocycles. The number of ether oxygens (including phenoxy) is 1. The van der Waals surface area contributed by atoms with Crippen LogP contribution < -0.4 is 14.9 Å². The first kappa shape index (κ1) is 41.9. The molecule has 0 spiro atoms. The predicted molar refractivity (Wildman–Crippen MR) is 199 cm³/mol. The third kappa shape index (κ3) is 13.5. The molecular weight excluding hydrogens is 659 g/mol. The Hall–Kier alpha value is -3.22. The standard InChI is InChI=1S/C37H59N3O7SSi/c1-27(2)23-32(33(47-49(9,10)37(4,5)6)24-28(3)35(42)38-22-15-14-21-34(41)46-8)39-36(43)30-19-16-20-31(25-30)40(7)48(44,45)26-29-17-12-11-13-18-29/h11-13,16-20,25,27-28,32-33H,14-15,21-24,26H2,1-10H3,(H,38,42)(H,39,43)/t28-,32+,33+/m1/s1. The zero-order valence-corrected chi connectivity index (χ0v) is 33.0. The number of carbonyl (C=O) groups is 3. The van der Waals surface area contributed by atoms with Crippen molar-refractivity contribution in [3.63, 3.8) is 0 Å². The fourth-order valence-corrected chi connectivity index (χ4v) is 7.75. The van der Waals surface area contributed by atoms with Crippen LogP contribution in [0.4, 0.5) is 5.69 Å². The number of hydrogen-bond acceptors (Lipinski definition) is 7. The van der Waals surface area contributed by atoms with E-state index in [9.17, 15) is 22.8 Å². The first-order valence-corrected chi connectivity index (χ1v) is 21.7. The molecule has 3 atom stereocenters. The second-order valence-electron chi connectivity index (χ2n) is 14.8. The lowest BCUT2D eigenvalue weighted by molar-refractivity contribution is -0.140. The third-order valence-electron chi connectivity index (χ3n) is 9.19. The van der Waals surface area contributed by atoms with Gasteiger partial charge in [0.1, 0.15) is 0 Å². The van der Waals surface area contributed by atoms with E-state index in [1.807, 2.05) is 13.0 Å². The van der Waals surface area contributed by atoms with Crippen LogP contribution in [0.5, 0.6) is 0 Å². The van der Waals surface area contributed by atoms with Crippen LogP contribution in [0.25, 0.3) is 0 Å². The molecule has 2 aromatic rings. The first-order chi connectivity index (χ1) is 22.8. The highest BCUT2D eigenvalue weighted by molar-refractivity contribution is 7.92. The molecular formula is C37H59N3O7SSi. The van der Waals surface area contributed by atoms with E-state index in [-0.39, 0.29) is 34.5 Å². The van der Waals surface area contributed by atoms with Crippen LogP contribution in [-0.2, 0) is 34.5 Å². The monoisotopic (exact) mass is 717 g/mol. The summed E-state index contributed by atoms with van der Waals surface area (Å²) in [7, 11) is -3.19. The minimum atomic E-state index is -3.70. The molecule has 0 saturated carbocycles. The van der Waals surface area contributed by atoms with Gasteiger partial charge in [-0.2, -0.15) is 0 Å². The van der Waals surface area contributed by atoms with E-state index in [4.69, 9.17) is 4.43 Å². The smallest absolute Gasteiger partial charge is 0.305 e. The number of nitrogens with one attached hydrogen (secondary N) is 2. The van der Waals surface area contributed by atoms with Crippen LogP contribution >= 0.6 is 0 Å². The molecule has 2 amide bonds. The van der Waals surface area contributed by atoms with Crippen molar-refractivity contribution < 1.29 is 32.0 Å². The number of hydrogen-bond donors (Lipinski definition) is 2. The van der Waals surface area contributed by atoms with Gasteiger partial charge in [0.15, 0.2) is 8.32 Å². The number of sulfonamides is 1. The molecule has 0 aliphatic heterocycles. The Morgan fingerprint density at radius 1 is 0.939 bits per heavy atom. The van der Waals surface area contributed by atoms with Gasteiger partial charge in [0.25, 0.3) is 5.91 Å². The lowest BCUT2D eigenvalue weighted by Crippen LogP contribution is -2.53. The summed E-state index contributed by atoms with van der Waals surface area (Å²) in [6, 6.07) is 15.2. The van der Waals surface area contributed by atoms with Gasteiger partial charge in [0, 0.05) is 31.5 Å². The second kappa shape index (κ2) is 18.7. The molecule has 0 aliphatic carbocycles. The van der Waals surface area contributed by atoms with Gasteiger partial charge in [-0.15, -0.1) is 0 Å². The second-order valence-corrected chi connectivity index (χ2v) is 21.6. The highest BCUT2D eigenvalue weighted by Crippen LogP contribution is 2.39. The van der Waals surface area contributed by atoms with E-state index in [1.165, 1.54) is 18.5 Å². The number of unbranched alkanes of at least 4 members (excludes halogenated alkanes) is 1. The summed E-state index contributed by atoms with van der Waals surface area (Å²) >= 11 is 0. The number of methoxy groups -OCH3 is 1. The van der Waals surface area contributed by atoms with E-state index in [1.54, 1.807) is 48.5 Å². The summed E-state index contributed by atoms with van der Waals surface area (Å²) in [6.45, 7) is 17.3. The zero-order valence-electron chi connectivity index (χ0n) is 31.2. The molecule has 0 saturated heterocycles. The van der Waals surface area contributed by atoms with E-state index >= 15 is 0 Å². The van der Waals surface area contributed by atoms with E-state index < -0.39 is 36.4 Å². The Balaban J connectivity index is 2.30. The lowest BCUT2D eigenvalue weighted by Gasteiger charge is -2.42. The predicted octanol–water partition coefficient (Wildman–Crippen LogP) is 6.67. The molecule has 0 unspecified atom stereocenters. The minimum absolute atomic E-state index is 0.104. The SMILES string of the molecule is COC(=O)CCCCNC(=O)[C@H](C)C[C@H](O[Si](C)(C)C(C)(C)C)[C@H](CC(C)C)NC(=O)c1cccc(N(C)S(=O)(=O)Cc2ccccc2)c1. The van der Waals surface area contributed by atoms with Gasteiger partial charge in [-0.3, -0.25) is 18.7 Å². The van der Waals surface area contributed by atoms with Crippen molar-refractivity contribution in [3.8, 4) is 0 Å². The normalized spacial score (nSPS) is 14.1. The Morgan fingerprint density at radius 2 is 1.59 bits per heavy atom. The van der Waals surface area contributed by atoms with Crippen molar-refractivity contribution in [1.82, 2.24) is 10.6 Å². The molecule has 2 N–H and O–H groups in total. The van der Waals surface area contributed by atoms with Gasteiger partial charge in [-0.25, -0.2) is 8.42 Å².